The first-order chi connectivity index (χ1) is 11.2. The second-order valence-corrected chi connectivity index (χ2v) is 11.4. The van der Waals surface area contributed by atoms with Crippen LogP contribution in [0.25, 0.3) is 0 Å². The van der Waals surface area contributed by atoms with Crippen LogP contribution in [-0.2, 0) is 9.05 Å². The van der Waals surface area contributed by atoms with E-state index < -0.39 is 14.6 Å². The van der Waals surface area contributed by atoms with Crippen molar-refractivity contribution in [1.29, 1.82) is 5.26 Å². The largest absolute Gasteiger partial charge is 0.390 e. The van der Waals surface area contributed by atoms with Gasteiger partial charge in [-0.1, -0.05) is 21.6 Å². The second-order valence-electron chi connectivity index (χ2n) is 6.94. The second kappa shape index (κ2) is 10.6. The van der Waals surface area contributed by atoms with Gasteiger partial charge in [0, 0.05) is 22.6 Å². The highest BCUT2D eigenvalue weighted by atomic mass is 33.1. The van der Waals surface area contributed by atoms with E-state index in [-0.39, 0.29) is 22.9 Å². The summed E-state index contributed by atoms with van der Waals surface area (Å²) < 4.78 is 14.4. The van der Waals surface area contributed by atoms with Crippen molar-refractivity contribution in [3.63, 3.8) is 0 Å². The van der Waals surface area contributed by atoms with E-state index >= 15 is 0 Å². The summed E-state index contributed by atoms with van der Waals surface area (Å²) in [7, 11) is 2.22. The Morgan fingerprint density at radius 3 is 2.50 bits per heavy atom. The minimum Gasteiger partial charge on any atom is -0.390 e. The smallest absolute Gasteiger partial charge is 0.259 e. The molecule has 0 aliphatic carbocycles. The van der Waals surface area contributed by atoms with Crippen LogP contribution in [0, 0.1) is 11.3 Å². The van der Waals surface area contributed by atoms with E-state index in [1.807, 2.05) is 0 Å². The molecule has 5 nitrogen and oxygen atoms in total. The van der Waals surface area contributed by atoms with Crippen LogP contribution in [0.1, 0.15) is 54.4 Å². The molecule has 0 bridgehead atoms. The maximum absolute atomic E-state index is 10.6. The molecule has 1 fully saturated rings. The summed E-state index contributed by atoms with van der Waals surface area (Å²) in [5, 5.41) is 19.4. The summed E-state index contributed by atoms with van der Waals surface area (Å²) in [5.74, 6) is 0.917. The Hall–Kier alpha value is 0.460. The van der Waals surface area contributed by atoms with Gasteiger partial charge in [0.1, 0.15) is 6.10 Å². The van der Waals surface area contributed by atoms with Crippen molar-refractivity contribution >= 4 is 30.1 Å². The summed E-state index contributed by atoms with van der Waals surface area (Å²) in [6.45, 7) is 13.0. The van der Waals surface area contributed by atoms with E-state index in [9.17, 15) is 5.11 Å². The molecule has 0 aromatic heterocycles. The van der Waals surface area contributed by atoms with E-state index in [0.29, 0.717) is 13.0 Å². The summed E-state index contributed by atoms with van der Waals surface area (Å²) >= 11 is 0. The van der Waals surface area contributed by atoms with Crippen LogP contribution >= 0.6 is 30.1 Å². The van der Waals surface area contributed by atoms with Crippen molar-refractivity contribution in [3.05, 3.63) is 0 Å². The Morgan fingerprint density at radius 1 is 1.33 bits per heavy atom. The van der Waals surface area contributed by atoms with Crippen LogP contribution in [0.2, 0.25) is 0 Å². The molecular weight excluding hydrogens is 363 g/mol. The van der Waals surface area contributed by atoms with Crippen LogP contribution in [-0.4, -0.2) is 51.2 Å². The van der Waals surface area contributed by atoms with Gasteiger partial charge in [-0.15, -0.1) is 0 Å². The maximum atomic E-state index is 10.6. The third-order valence-electron chi connectivity index (χ3n) is 3.67. The fraction of sp³-hybridized carbons (Fsp3) is 0.938. The topological polar surface area (TPSA) is 65.7 Å². The fourth-order valence-corrected chi connectivity index (χ4v) is 7.35. The molecule has 1 heterocycles. The van der Waals surface area contributed by atoms with Crippen molar-refractivity contribution in [2.24, 2.45) is 0 Å². The van der Waals surface area contributed by atoms with E-state index in [1.54, 1.807) is 21.6 Å². The van der Waals surface area contributed by atoms with Crippen molar-refractivity contribution in [2.45, 2.75) is 83.4 Å². The Morgan fingerprint density at radius 2 is 1.96 bits per heavy atom. The highest BCUT2D eigenvalue weighted by Crippen LogP contribution is 2.53. The van der Waals surface area contributed by atoms with Gasteiger partial charge in [0.05, 0.1) is 25.2 Å². The quantitative estimate of drug-likeness (QED) is 0.367. The van der Waals surface area contributed by atoms with Crippen molar-refractivity contribution < 1.29 is 14.2 Å². The molecule has 0 radical (unpaired) electrons. The average Bonchev–Trinajstić information content (AvgIpc) is 2.59. The molecule has 24 heavy (non-hydrogen) atoms. The molecule has 1 aliphatic rings. The first-order valence-electron chi connectivity index (χ1n) is 8.44. The SMILES string of the molecule is CC(C)N(C(C)C)P(OCCC#N)O[C@@H]1[C@@H](O)CCSSC1(C)C. The molecule has 8 heteroatoms. The number of hydrogen-bond acceptors (Lipinski definition) is 7. The van der Waals surface area contributed by atoms with E-state index in [1.165, 1.54) is 0 Å². The predicted octanol–water partition coefficient (Wildman–Crippen LogP) is 4.57. The Balaban J connectivity index is 2.97. The number of rotatable bonds is 8. The lowest BCUT2D eigenvalue weighted by Gasteiger charge is -2.41. The molecule has 1 N–H and O–H groups in total. The van der Waals surface area contributed by atoms with Gasteiger partial charge in [-0.2, -0.15) is 5.26 Å². The van der Waals surface area contributed by atoms with Gasteiger partial charge in [-0.3, -0.25) is 0 Å². The molecule has 0 amide bonds. The number of aliphatic hydroxyl groups is 1. The first kappa shape index (κ1) is 22.5. The lowest BCUT2D eigenvalue weighted by atomic mass is 9.99. The summed E-state index contributed by atoms with van der Waals surface area (Å²) in [5.41, 5.74) is 0. The number of hydrogen-bond donors (Lipinski definition) is 1. The van der Waals surface area contributed by atoms with Crippen molar-refractivity contribution in [3.8, 4) is 6.07 Å². The van der Waals surface area contributed by atoms with Crippen molar-refractivity contribution in [1.82, 2.24) is 4.67 Å². The molecule has 1 saturated heterocycles. The molecule has 1 aliphatic heterocycles. The van der Waals surface area contributed by atoms with Gasteiger partial charge >= 0.3 is 0 Å². The molecule has 1 unspecified atom stereocenters. The highest BCUT2D eigenvalue weighted by Gasteiger charge is 2.42. The zero-order valence-corrected chi connectivity index (χ0v) is 18.1. The standard InChI is InChI=1S/C16H31N2O3PS2/c1-12(2)18(13(3)4)22(20-10-7-9-17)21-15-14(19)8-11-23-24-16(15,5)6/h12-15,19H,7-8,10-11H2,1-6H3/t14-,15+,22?/m0/s1. The molecule has 0 saturated carbocycles. The van der Waals surface area contributed by atoms with E-state index in [4.69, 9.17) is 14.3 Å². The molecule has 1 rings (SSSR count). The molecular formula is C16H31N2O3PS2. The molecule has 0 aromatic carbocycles. The van der Waals surface area contributed by atoms with Crippen LogP contribution in [0.3, 0.4) is 0 Å². The molecule has 0 aromatic rings. The lowest BCUT2D eigenvalue weighted by Crippen LogP contribution is -2.44. The summed E-state index contributed by atoms with van der Waals surface area (Å²) in [6, 6.07) is 2.63. The zero-order valence-electron chi connectivity index (χ0n) is 15.6. The maximum Gasteiger partial charge on any atom is 0.259 e. The Labute approximate surface area is 156 Å². The highest BCUT2D eigenvalue weighted by molar-refractivity contribution is 8.77. The van der Waals surface area contributed by atoms with Gasteiger partial charge < -0.3 is 14.2 Å². The van der Waals surface area contributed by atoms with Gasteiger partial charge in [-0.25, -0.2) is 4.67 Å². The third kappa shape index (κ3) is 6.64. The van der Waals surface area contributed by atoms with Gasteiger partial charge in [-0.05, 0) is 48.0 Å². The van der Waals surface area contributed by atoms with E-state index in [0.717, 1.165) is 12.2 Å². The first-order valence-corrected chi connectivity index (χ1v) is 11.9. The van der Waals surface area contributed by atoms with Crippen LogP contribution in [0.5, 0.6) is 0 Å². The number of nitriles is 1. The molecule has 140 valence electrons. The normalized spacial score (nSPS) is 25.7. The molecule has 0 spiro atoms. The average molecular weight is 395 g/mol. The minimum atomic E-state index is -1.33. The van der Waals surface area contributed by atoms with Crippen molar-refractivity contribution in [2.75, 3.05) is 12.4 Å². The zero-order chi connectivity index (χ0) is 18.3. The van der Waals surface area contributed by atoms with Crippen LogP contribution < -0.4 is 0 Å². The number of aliphatic hydroxyl groups excluding tert-OH is 1. The van der Waals surface area contributed by atoms with Gasteiger partial charge in [0.25, 0.3) is 8.53 Å². The van der Waals surface area contributed by atoms with Gasteiger partial charge in [0.15, 0.2) is 0 Å². The lowest BCUT2D eigenvalue weighted by molar-refractivity contribution is 0.00698. The Bertz CT molecular complexity index is 411. The third-order valence-corrected chi connectivity index (χ3v) is 9.11. The summed E-state index contributed by atoms with van der Waals surface area (Å²) in [4.78, 5) is 0. The van der Waals surface area contributed by atoms with Gasteiger partial charge in [0.2, 0.25) is 0 Å². The predicted molar refractivity (Wildman–Crippen MR) is 105 cm³/mol. The monoisotopic (exact) mass is 394 g/mol. The number of nitrogens with zero attached hydrogens (tertiary/aromatic N) is 2. The fourth-order valence-electron chi connectivity index (χ4n) is 2.61. The van der Waals surface area contributed by atoms with E-state index in [2.05, 4.69) is 52.3 Å². The molecule has 3 atom stereocenters. The summed E-state index contributed by atoms with van der Waals surface area (Å²) in [6.07, 6.45) is 0.253. The Kier molecular flexibility index (Phi) is 9.91. The minimum absolute atomic E-state index is 0.209. The van der Waals surface area contributed by atoms with Crippen LogP contribution in [0.15, 0.2) is 0 Å². The van der Waals surface area contributed by atoms with Crippen LogP contribution in [0.4, 0.5) is 0 Å².